The van der Waals surface area contributed by atoms with Gasteiger partial charge in [-0.05, 0) is 13.8 Å². The van der Waals surface area contributed by atoms with E-state index in [0.29, 0.717) is 12.4 Å². The number of nitrogens with one attached hydrogen (secondary N) is 2. The molecule has 0 radical (unpaired) electrons. The number of nitrogens with zero attached hydrogens (tertiary/aromatic N) is 2. The van der Waals surface area contributed by atoms with Crippen LogP contribution in [0.15, 0.2) is 12.4 Å². The van der Waals surface area contributed by atoms with E-state index < -0.39 is 0 Å². The smallest absolute Gasteiger partial charge is 0.147 e. The fraction of sp³-hybridized carbons (Fsp3) is 0.556. The van der Waals surface area contributed by atoms with E-state index in [4.69, 9.17) is 5.11 Å². The molecule has 3 N–H and O–H groups in total. The van der Waals surface area contributed by atoms with Crippen molar-refractivity contribution in [3.05, 3.63) is 12.4 Å². The molecule has 0 aliphatic rings. The van der Waals surface area contributed by atoms with Crippen LogP contribution in [0.4, 0.5) is 11.6 Å². The molecule has 0 spiro atoms. The monoisotopic (exact) mass is 196 g/mol. The van der Waals surface area contributed by atoms with Crippen molar-refractivity contribution in [2.75, 3.05) is 23.7 Å². The largest absolute Gasteiger partial charge is 0.392 e. The number of aliphatic hydroxyl groups is 1. The highest BCUT2D eigenvalue weighted by atomic mass is 16.3. The van der Waals surface area contributed by atoms with E-state index in [1.54, 1.807) is 19.3 Å². The van der Waals surface area contributed by atoms with E-state index >= 15 is 0 Å². The second kappa shape index (κ2) is 5.39. The van der Waals surface area contributed by atoms with Crippen LogP contribution in [0.5, 0.6) is 0 Å². The van der Waals surface area contributed by atoms with Crippen molar-refractivity contribution in [2.45, 2.75) is 20.0 Å². The van der Waals surface area contributed by atoms with Crippen molar-refractivity contribution in [2.24, 2.45) is 0 Å². The number of hydrogen-bond donors (Lipinski definition) is 3. The minimum Gasteiger partial charge on any atom is -0.392 e. The Labute approximate surface area is 83.6 Å². The van der Waals surface area contributed by atoms with Gasteiger partial charge in [-0.1, -0.05) is 0 Å². The van der Waals surface area contributed by atoms with E-state index in [1.165, 1.54) is 0 Å². The molecule has 5 nitrogen and oxygen atoms in total. The molecule has 0 aromatic carbocycles. The first-order valence-electron chi connectivity index (χ1n) is 4.70. The molecule has 0 bridgehead atoms. The third-order valence-electron chi connectivity index (χ3n) is 1.57. The minimum absolute atomic E-state index is 0.389. The zero-order valence-electron chi connectivity index (χ0n) is 8.49. The lowest BCUT2D eigenvalue weighted by Crippen LogP contribution is -2.16. The van der Waals surface area contributed by atoms with Gasteiger partial charge in [-0.25, -0.2) is 4.98 Å². The topological polar surface area (TPSA) is 70.1 Å². The molecule has 5 heteroatoms. The Morgan fingerprint density at radius 3 is 2.57 bits per heavy atom. The van der Waals surface area contributed by atoms with Crippen LogP contribution < -0.4 is 10.6 Å². The van der Waals surface area contributed by atoms with E-state index in [0.717, 1.165) is 12.4 Å². The number of rotatable bonds is 5. The van der Waals surface area contributed by atoms with Gasteiger partial charge in [0.25, 0.3) is 0 Å². The predicted octanol–water partition coefficient (Wildman–Crippen LogP) is 0.701. The van der Waals surface area contributed by atoms with Gasteiger partial charge in [-0.15, -0.1) is 0 Å². The lowest BCUT2D eigenvalue weighted by atomic mass is 10.4. The molecule has 0 fully saturated rings. The van der Waals surface area contributed by atoms with Crippen molar-refractivity contribution in [1.82, 2.24) is 9.97 Å². The quantitative estimate of drug-likeness (QED) is 0.646. The molecule has 1 aromatic heterocycles. The summed E-state index contributed by atoms with van der Waals surface area (Å²) in [5.74, 6) is 1.41. The maximum Gasteiger partial charge on any atom is 0.147 e. The lowest BCUT2D eigenvalue weighted by molar-refractivity contribution is 0.208. The van der Waals surface area contributed by atoms with Crippen LogP contribution in [0.3, 0.4) is 0 Å². The SMILES string of the molecule is CCNc1cncc(NCC(C)O)n1. The van der Waals surface area contributed by atoms with Crippen LogP contribution in [0.1, 0.15) is 13.8 Å². The van der Waals surface area contributed by atoms with Crippen molar-refractivity contribution < 1.29 is 5.11 Å². The van der Waals surface area contributed by atoms with Gasteiger partial charge in [0.15, 0.2) is 0 Å². The van der Waals surface area contributed by atoms with Crippen LogP contribution in [0.2, 0.25) is 0 Å². The summed E-state index contributed by atoms with van der Waals surface area (Å²) in [5.41, 5.74) is 0. The van der Waals surface area contributed by atoms with Crippen LogP contribution in [0.25, 0.3) is 0 Å². The first kappa shape index (κ1) is 10.7. The molecule has 1 unspecified atom stereocenters. The molecule has 0 saturated carbocycles. The van der Waals surface area contributed by atoms with Crippen LogP contribution in [-0.2, 0) is 0 Å². The van der Waals surface area contributed by atoms with Crippen molar-refractivity contribution in [3.8, 4) is 0 Å². The first-order chi connectivity index (χ1) is 6.72. The van der Waals surface area contributed by atoms with Gasteiger partial charge < -0.3 is 15.7 Å². The zero-order chi connectivity index (χ0) is 10.4. The number of aliphatic hydroxyl groups excluding tert-OH is 1. The fourth-order valence-electron chi connectivity index (χ4n) is 0.970. The van der Waals surface area contributed by atoms with Gasteiger partial charge in [-0.2, -0.15) is 0 Å². The van der Waals surface area contributed by atoms with Gasteiger partial charge in [0.05, 0.1) is 18.5 Å². The second-order valence-electron chi connectivity index (χ2n) is 3.05. The molecule has 78 valence electrons. The summed E-state index contributed by atoms with van der Waals surface area (Å²) in [6.45, 7) is 5.00. The molecule has 14 heavy (non-hydrogen) atoms. The third-order valence-corrected chi connectivity index (χ3v) is 1.57. The Kier molecular flexibility index (Phi) is 4.12. The summed E-state index contributed by atoms with van der Waals surface area (Å²) >= 11 is 0. The van der Waals surface area contributed by atoms with Gasteiger partial charge >= 0.3 is 0 Å². The van der Waals surface area contributed by atoms with Gasteiger partial charge in [0, 0.05) is 13.1 Å². The summed E-state index contributed by atoms with van der Waals surface area (Å²) in [6, 6.07) is 0. The molecule has 1 atom stereocenters. The molecule has 1 rings (SSSR count). The average Bonchev–Trinajstić information content (AvgIpc) is 2.16. The standard InChI is InChI=1S/C9H16N4O/c1-3-11-8-5-10-6-9(13-8)12-4-7(2)14/h5-7,14H,3-4H2,1-2H3,(H2,11,12,13). The number of hydrogen-bond acceptors (Lipinski definition) is 5. The van der Waals surface area contributed by atoms with E-state index in [9.17, 15) is 0 Å². The Balaban J connectivity index is 2.54. The first-order valence-corrected chi connectivity index (χ1v) is 4.70. The van der Waals surface area contributed by atoms with E-state index in [1.807, 2.05) is 6.92 Å². The van der Waals surface area contributed by atoms with Crippen molar-refractivity contribution >= 4 is 11.6 Å². The molecular formula is C9H16N4O. The summed E-state index contributed by atoms with van der Waals surface area (Å²) in [5, 5.41) is 15.1. The molecule has 0 amide bonds. The van der Waals surface area contributed by atoms with Gasteiger partial charge in [-0.3, -0.25) is 4.98 Å². The highest BCUT2D eigenvalue weighted by molar-refractivity contribution is 5.41. The second-order valence-corrected chi connectivity index (χ2v) is 3.05. The molecule has 1 heterocycles. The molecule has 0 aliphatic heterocycles. The highest BCUT2D eigenvalue weighted by Crippen LogP contribution is 2.05. The average molecular weight is 196 g/mol. The summed E-state index contributed by atoms with van der Waals surface area (Å²) in [7, 11) is 0. The Morgan fingerprint density at radius 2 is 2.00 bits per heavy atom. The minimum atomic E-state index is -0.389. The Hall–Kier alpha value is -1.36. The fourth-order valence-corrected chi connectivity index (χ4v) is 0.970. The maximum atomic E-state index is 9.06. The normalized spacial score (nSPS) is 12.2. The maximum absolute atomic E-state index is 9.06. The van der Waals surface area contributed by atoms with E-state index in [2.05, 4.69) is 20.6 Å². The summed E-state index contributed by atoms with van der Waals surface area (Å²) in [6.07, 6.45) is 2.90. The lowest BCUT2D eigenvalue weighted by Gasteiger charge is -2.08. The van der Waals surface area contributed by atoms with Crippen LogP contribution >= 0.6 is 0 Å². The number of aromatic nitrogens is 2. The predicted molar refractivity (Wildman–Crippen MR) is 56.4 cm³/mol. The van der Waals surface area contributed by atoms with Gasteiger partial charge in [0.1, 0.15) is 11.6 Å². The van der Waals surface area contributed by atoms with Crippen molar-refractivity contribution in [1.29, 1.82) is 0 Å². The molecule has 0 saturated heterocycles. The zero-order valence-corrected chi connectivity index (χ0v) is 8.49. The van der Waals surface area contributed by atoms with Gasteiger partial charge in [0.2, 0.25) is 0 Å². The highest BCUT2D eigenvalue weighted by Gasteiger charge is 1.98. The molecule has 1 aromatic rings. The summed E-state index contributed by atoms with van der Waals surface area (Å²) in [4.78, 5) is 8.25. The van der Waals surface area contributed by atoms with Crippen LogP contribution in [-0.4, -0.2) is 34.3 Å². The van der Waals surface area contributed by atoms with Crippen molar-refractivity contribution in [3.63, 3.8) is 0 Å². The molecule has 0 aliphatic carbocycles. The molecular weight excluding hydrogens is 180 g/mol. The van der Waals surface area contributed by atoms with E-state index in [-0.39, 0.29) is 6.10 Å². The Bertz CT molecular complexity index is 277. The Morgan fingerprint density at radius 1 is 1.36 bits per heavy atom. The third kappa shape index (κ3) is 3.57. The number of anilines is 2. The summed E-state index contributed by atoms with van der Waals surface area (Å²) < 4.78 is 0. The van der Waals surface area contributed by atoms with Crippen LogP contribution in [0, 0.1) is 0 Å².